The second-order valence-electron chi connectivity index (χ2n) is 5.09. The quantitative estimate of drug-likeness (QED) is 0.139. The van der Waals surface area contributed by atoms with Crippen LogP contribution in [-0.2, 0) is 19.4 Å². The van der Waals surface area contributed by atoms with Gasteiger partial charge in [0.1, 0.15) is 30.1 Å². The van der Waals surface area contributed by atoms with Gasteiger partial charge in [-0.05, 0) is 5.92 Å². The summed E-state index contributed by atoms with van der Waals surface area (Å²) in [4.78, 5) is -2.05. The Morgan fingerprint density at radius 2 is 1.91 bits per heavy atom. The van der Waals surface area contributed by atoms with E-state index in [9.17, 15) is 23.7 Å². The lowest BCUT2D eigenvalue weighted by Gasteiger charge is -2.46. The van der Waals surface area contributed by atoms with Gasteiger partial charge < -0.3 is 25.2 Å². The summed E-state index contributed by atoms with van der Waals surface area (Å²) >= 11 is 4.08. The third-order valence-corrected chi connectivity index (χ3v) is 3.97. The third-order valence-electron chi connectivity index (χ3n) is 3.11. The zero-order valence-electron chi connectivity index (χ0n) is 11.8. The van der Waals surface area contributed by atoms with E-state index in [1.807, 2.05) is 0 Å². The molecule has 1 fully saturated rings. The van der Waals surface area contributed by atoms with Crippen LogP contribution in [0.3, 0.4) is 0 Å². The van der Waals surface area contributed by atoms with Gasteiger partial charge in [-0.2, -0.15) is 8.42 Å². The lowest BCUT2D eigenvalue weighted by molar-refractivity contribution is -0.223. The first-order valence-electron chi connectivity index (χ1n) is 6.23. The van der Waals surface area contributed by atoms with Gasteiger partial charge in [0.05, 0.1) is 6.61 Å². The zero-order valence-corrected chi connectivity index (χ0v) is 13.5. The number of oxime groups is 1. The molecule has 0 aromatic rings. The first-order valence-corrected chi connectivity index (χ1v) is 8.05. The van der Waals surface area contributed by atoms with Crippen molar-refractivity contribution in [1.82, 2.24) is 0 Å². The molecule has 0 saturated carbocycles. The van der Waals surface area contributed by atoms with E-state index in [1.165, 1.54) is 13.8 Å². The maximum atomic E-state index is 10.6. The lowest BCUT2D eigenvalue weighted by Crippen LogP contribution is -2.66. The Morgan fingerprint density at radius 3 is 2.32 bits per heavy atom. The van der Waals surface area contributed by atoms with Crippen LogP contribution in [0.1, 0.15) is 13.8 Å². The molecular weight excluding hydrogens is 342 g/mol. The van der Waals surface area contributed by atoms with Crippen LogP contribution in [0.4, 0.5) is 0 Å². The minimum Gasteiger partial charge on any atom is -0.394 e. The number of aliphatic hydroxyl groups excluding tert-OH is 4. The Hall–Kier alpha value is -0.470. The molecule has 5 atom stereocenters. The van der Waals surface area contributed by atoms with E-state index in [1.54, 1.807) is 0 Å². The van der Waals surface area contributed by atoms with Gasteiger partial charge in [0.2, 0.25) is 0 Å². The van der Waals surface area contributed by atoms with E-state index in [-0.39, 0.29) is 5.71 Å². The number of hydrogen-bond donors (Lipinski definition) is 6. The van der Waals surface area contributed by atoms with E-state index in [2.05, 4.69) is 22.1 Å². The maximum Gasteiger partial charge on any atom is 0.466 e. The van der Waals surface area contributed by atoms with Gasteiger partial charge >= 0.3 is 10.4 Å². The minimum absolute atomic E-state index is 0.273. The van der Waals surface area contributed by atoms with Crippen molar-refractivity contribution in [1.29, 1.82) is 0 Å². The van der Waals surface area contributed by atoms with Gasteiger partial charge in [0.25, 0.3) is 0 Å². The summed E-state index contributed by atoms with van der Waals surface area (Å²) < 4.78 is 39.0. The van der Waals surface area contributed by atoms with Gasteiger partial charge in [-0.3, -0.25) is 4.55 Å². The smallest absolute Gasteiger partial charge is 0.394 e. The Balaban J connectivity index is 3.25. The van der Waals surface area contributed by atoms with Crippen LogP contribution in [-0.4, -0.2) is 75.1 Å². The third kappa shape index (κ3) is 4.08. The van der Waals surface area contributed by atoms with E-state index in [0.29, 0.717) is 0 Å². The van der Waals surface area contributed by atoms with Crippen molar-refractivity contribution >= 4 is 28.7 Å². The average Bonchev–Trinajstić information content (AvgIpc) is 2.39. The predicted octanol–water partition coefficient (Wildman–Crippen LogP) is -2.08. The fourth-order valence-electron chi connectivity index (χ4n) is 2.04. The molecule has 0 amide bonds. The summed E-state index contributed by atoms with van der Waals surface area (Å²) in [5, 5.41) is 42.0. The molecule has 0 bridgehead atoms. The molecule has 1 aliphatic heterocycles. The minimum atomic E-state index is -4.90. The Labute approximate surface area is 132 Å². The number of nitrogens with zero attached hydrogens (tertiary/aromatic N) is 1. The molecule has 12 heteroatoms. The molecule has 0 aromatic heterocycles. The second-order valence-corrected chi connectivity index (χ2v) is 6.76. The van der Waals surface area contributed by atoms with Gasteiger partial charge in [0, 0.05) is 0 Å². The van der Waals surface area contributed by atoms with Crippen molar-refractivity contribution in [3.63, 3.8) is 0 Å². The molecule has 10 nitrogen and oxygen atoms in total. The SMILES string of the molecule is CC(C)/C(=N\OS(=O)(=O)O)[C@@]1(S)O[C@H](CO)[C@@H](O)[C@H](O)[C@H]1O. The van der Waals surface area contributed by atoms with E-state index >= 15 is 0 Å². The summed E-state index contributed by atoms with van der Waals surface area (Å²) in [5.41, 5.74) is -0.273. The van der Waals surface area contributed by atoms with Gasteiger partial charge in [-0.1, -0.05) is 19.0 Å². The van der Waals surface area contributed by atoms with Gasteiger partial charge in [-0.25, -0.2) is 4.28 Å². The number of aliphatic hydroxyl groups is 4. The molecule has 0 radical (unpaired) electrons. The topological polar surface area (TPSA) is 166 Å². The van der Waals surface area contributed by atoms with E-state index < -0.39 is 52.3 Å². The molecule has 1 aliphatic rings. The molecule has 5 N–H and O–H groups in total. The molecule has 0 spiro atoms. The number of hydrogen-bond acceptors (Lipinski definition) is 10. The normalized spacial score (nSPS) is 37.4. The first kappa shape index (κ1) is 19.6. The molecule has 1 heterocycles. The highest BCUT2D eigenvalue weighted by Crippen LogP contribution is 2.36. The molecule has 1 saturated heterocycles. The van der Waals surface area contributed by atoms with Crippen LogP contribution in [0.5, 0.6) is 0 Å². The Bertz CT molecular complexity index is 520. The summed E-state index contributed by atoms with van der Waals surface area (Å²) in [5.74, 6) is -0.587. The van der Waals surface area contributed by atoms with Crippen LogP contribution < -0.4 is 0 Å². The highest BCUT2D eigenvalue weighted by Gasteiger charge is 2.55. The summed E-state index contributed by atoms with van der Waals surface area (Å²) in [6.45, 7) is 2.37. The van der Waals surface area contributed by atoms with Crippen molar-refractivity contribution in [2.24, 2.45) is 11.1 Å². The van der Waals surface area contributed by atoms with Crippen LogP contribution in [0.2, 0.25) is 0 Å². The highest BCUT2D eigenvalue weighted by atomic mass is 32.3. The largest absolute Gasteiger partial charge is 0.466 e. The van der Waals surface area contributed by atoms with Gasteiger partial charge in [0.15, 0.2) is 4.93 Å². The van der Waals surface area contributed by atoms with Crippen LogP contribution in [0.25, 0.3) is 0 Å². The molecule has 0 unspecified atom stereocenters. The monoisotopic (exact) mass is 361 g/mol. The summed E-state index contributed by atoms with van der Waals surface area (Å²) in [7, 11) is -4.90. The van der Waals surface area contributed by atoms with Crippen molar-refractivity contribution in [3.8, 4) is 0 Å². The molecule has 0 aliphatic carbocycles. The number of ether oxygens (including phenoxy) is 1. The molecule has 0 aromatic carbocycles. The van der Waals surface area contributed by atoms with Crippen molar-refractivity contribution < 1.29 is 42.4 Å². The molecule has 22 heavy (non-hydrogen) atoms. The van der Waals surface area contributed by atoms with Crippen LogP contribution in [0, 0.1) is 5.92 Å². The molecule has 1 rings (SSSR count). The summed E-state index contributed by atoms with van der Waals surface area (Å²) in [6.07, 6.45) is -6.43. The fourth-order valence-corrected chi connectivity index (χ4v) is 2.80. The van der Waals surface area contributed by atoms with E-state index in [4.69, 9.17) is 14.4 Å². The standard InChI is InChI=1S/C10H19NO9S2/c1-4(2)8(11-20-22(16,17)18)10(21)9(15)7(14)6(13)5(3-12)19-10/h4-7,9,12-15,21H,3H2,1-2H3,(H,16,17,18)/b11-8+/t5-,6-,7+,9-,10+/m1/s1. The first-order chi connectivity index (χ1) is 9.94. The maximum absolute atomic E-state index is 10.6. The fraction of sp³-hybridized carbons (Fsp3) is 0.900. The van der Waals surface area contributed by atoms with Crippen molar-refractivity contribution in [2.75, 3.05) is 6.61 Å². The zero-order chi connectivity index (χ0) is 17.3. The van der Waals surface area contributed by atoms with Crippen molar-refractivity contribution in [2.45, 2.75) is 43.2 Å². The highest BCUT2D eigenvalue weighted by molar-refractivity contribution is 7.82. The van der Waals surface area contributed by atoms with Gasteiger partial charge in [-0.15, -0.1) is 12.6 Å². The average molecular weight is 361 g/mol. The predicted molar refractivity (Wildman–Crippen MR) is 76.6 cm³/mol. The van der Waals surface area contributed by atoms with Crippen molar-refractivity contribution in [3.05, 3.63) is 0 Å². The molecular formula is C10H19NO9S2. The molecule has 130 valence electrons. The second kappa shape index (κ2) is 6.97. The Morgan fingerprint density at radius 1 is 1.36 bits per heavy atom. The van der Waals surface area contributed by atoms with E-state index in [0.717, 1.165) is 0 Å². The number of rotatable bonds is 5. The Kier molecular flexibility index (Phi) is 6.20. The lowest BCUT2D eigenvalue weighted by atomic mass is 9.88. The summed E-state index contributed by atoms with van der Waals surface area (Å²) in [6, 6.07) is 0. The van der Waals surface area contributed by atoms with Crippen LogP contribution in [0.15, 0.2) is 5.16 Å². The number of thiol groups is 1. The van der Waals surface area contributed by atoms with Crippen LogP contribution >= 0.6 is 12.6 Å².